The number of hydrogen-bond donors (Lipinski definition) is 2. The van der Waals surface area contributed by atoms with Crippen molar-refractivity contribution in [3.05, 3.63) is 22.8 Å². The largest absolute Gasteiger partial charge is 0.478 e. The summed E-state index contributed by atoms with van der Waals surface area (Å²) in [7, 11) is 0. The standard InChI is InChI=1S/C22H31NO6/c1-12-11-16(19(24)25)13(2)18-17(12)27-22(6,28-18)14-7-9-15(10-8-14)23-20(26)29-21(3,4)5/h11,14-15H,7-10H2,1-6H3,(H,23,26)(H,24,25). The molecule has 0 spiro atoms. The number of carbonyl (C=O) groups is 2. The van der Waals surface area contributed by atoms with Crippen molar-refractivity contribution in [1.82, 2.24) is 5.32 Å². The van der Waals surface area contributed by atoms with Crippen LogP contribution < -0.4 is 14.8 Å². The number of ether oxygens (including phenoxy) is 3. The van der Waals surface area contributed by atoms with Crippen LogP contribution in [0, 0.1) is 19.8 Å². The summed E-state index contributed by atoms with van der Waals surface area (Å²) >= 11 is 0. The number of benzene rings is 1. The van der Waals surface area contributed by atoms with Gasteiger partial charge in [0.25, 0.3) is 5.79 Å². The molecule has 0 radical (unpaired) electrons. The van der Waals surface area contributed by atoms with E-state index in [2.05, 4.69) is 5.32 Å². The number of aryl methyl sites for hydroxylation is 1. The molecule has 7 nitrogen and oxygen atoms in total. The summed E-state index contributed by atoms with van der Waals surface area (Å²) in [5, 5.41) is 12.4. The summed E-state index contributed by atoms with van der Waals surface area (Å²) in [6.07, 6.45) is 2.88. The van der Waals surface area contributed by atoms with Crippen molar-refractivity contribution in [3.8, 4) is 11.5 Å². The molecule has 1 amide bonds. The summed E-state index contributed by atoms with van der Waals surface area (Å²) in [6, 6.07) is 1.70. The van der Waals surface area contributed by atoms with Gasteiger partial charge in [-0.05, 0) is 71.9 Å². The predicted octanol–water partition coefficient (Wildman–Crippen LogP) is 4.57. The van der Waals surface area contributed by atoms with Crippen molar-refractivity contribution in [2.45, 2.75) is 84.7 Å². The Kier molecular flexibility index (Phi) is 5.45. The van der Waals surface area contributed by atoms with E-state index in [1.54, 1.807) is 13.0 Å². The molecule has 1 aromatic rings. The fourth-order valence-corrected chi connectivity index (χ4v) is 4.16. The fraction of sp³-hybridized carbons (Fsp3) is 0.636. The molecular formula is C22H31NO6. The molecule has 1 unspecified atom stereocenters. The normalized spacial score (nSPS) is 26.1. The average Bonchev–Trinajstić information content (AvgIpc) is 2.96. The number of fused-ring (bicyclic) bond motifs is 1. The van der Waals surface area contributed by atoms with Gasteiger partial charge in [0.15, 0.2) is 11.5 Å². The fourth-order valence-electron chi connectivity index (χ4n) is 4.16. The van der Waals surface area contributed by atoms with Gasteiger partial charge in [-0.1, -0.05) is 0 Å². The molecule has 1 aromatic carbocycles. The quantitative estimate of drug-likeness (QED) is 0.765. The molecule has 2 aliphatic rings. The van der Waals surface area contributed by atoms with Crippen LogP contribution in [0.1, 0.15) is 74.9 Å². The van der Waals surface area contributed by atoms with E-state index in [0.717, 1.165) is 31.2 Å². The molecule has 0 saturated heterocycles. The first-order valence-electron chi connectivity index (χ1n) is 10.1. The second-order valence-corrected chi connectivity index (χ2v) is 9.24. The Morgan fingerprint density at radius 2 is 1.72 bits per heavy atom. The van der Waals surface area contributed by atoms with E-state index in [1.807, 2.05) is 34.6 Å². The lowest BCUT2D eigenvalue weighted by atomic mass is 9.81. The minimum absolute atomic E-state index is 0.0653. The zero-order valence-corrected chi connectivity index (χ0v) is 18.0. The third-order valence-electron chi connectivity index (χ3n) is 5.70. The van der Waals surface area contributed by atoms with Gasteiger partial charge in [0.05, 0.1) is 5.56 Å². The second kappa shape index (κ2) is 7.43. The van der Waals surface area contributed by atoms with E-state index in [4.69, 9.17) is 14.2 Å². The molecule has 1 heterocycles. The molecule has 0 aromatic heterocycles. The average molecular weight is 405 g/mol. The first-order chi connectivity index (χ1) is 13.4. The number of rotatable bonds is 3. The van der Waals surface area contributed by atoms with E-state index < -0.39 is 17.4 Å². The summed E-state index contributed by atoms with van der Waals surface area (Å²) in [4.78, 5) is 23.5. The van der Waals surface area contributed by atoms with Crippen molar-refractivity contribution in [2.75, 3.05) is 0 Å². The van der Waals surface area contributed by atoms with Crippen LogP contribution in [-0.2, 0) is 4.74 Å². The van der Waals surface area contributed by atoms with Gasteiger partial charge in [0.2, 0.25) is 0 Å². The smallest absolute Gasteiger partial charge is 0.407 e. The van der Waals surface area contributed by atoms with Gasteiger partial charge in [-0.2, -0.15) is 0 Å². The summed E-state index contributed by atoms with van der Waals surface area (Å²) < 4.78 is 17.8. The Bertz CT molecular complexity index is 820. The van der Waals surface area contributed by atoms with Crippen LogP contribution in [-0.4, -0.2) is 34.6 Å². The van der Waals surface area contributed by atoms with Gasteiger partial charge < -0.3 is 24.6 Å². The van der Waals surface area contributed by atoms with Crippen LogP contribution in [0.4, 0.5) is 4.79 Å². The number of carboxylic acid groups (broad SMARTS) is 1. The van der Waals surface area contributed by atoms with Crippen molar-refractivity contribution in [2.24, 2.45) is 5.92 Å². The molecule has 7 heteroatoms. The summed E-state index contributed by atoms with van der Waals surface area (Å²) in [6.45, 7) is 11.0. The Balaban J connectivity index is 1.66. The van der Waals surface area contributed by atoms with Gasteiger partial charge in [-0.25, -0.2) is 9.59 Å². The third kappa shape index (κ3) is 4.43. The highest BCUT2D eigenvalue weighted by atomic mass is 16.7. The molecule has 0 bridgehead atoms. The number of carboxylic acids is 1. The van der Waals surface area contributed by atoms with E-state index in [-0.39, 0.29) is 23.6 Å². The Labute approximate surface area is 171 Å². The minimum atomic E-state index is -0.973. The Morgan fingerprint density at radius 3 is 2.28 bits per heavy atom. The predicted molar refractivity (Wildman–Crippen MR) is 108 cm³/mol. The molecule has 3 rings (SSSR count). The van der Waals surface area contributed by atoms with Crippen LogP contribution in [0.25, 0.3) is 0 Å². The second-order valence-electron chi connectivity index (χ2n) is 9.24. The van der Waals surface area contributed by atoms with Gasteiger partial charge in [0.1, 0.15) is 5.60 Å². The molecule has 1 saturated carbocycles. The molecule has 29 heavy (non-hydrogen) atoms. The van der Waals surface area contributed by atoms with Gasteiger partial charge >= 0.3 is 12.1 Å². The maximum absolute atomic E-state index is 12.0. The maximum atomic E-state index is 12.0. The van der Waals surface area contributed by atoms with Gasteiger partial charge in [0, 0.05) is 24.4 Å². The number of carbonyl (C=O) groups excluding carboxylic acids is 1. The number of aromatic carboxylic acids is 1. The molecule has 2 N–H and O–H groups in total. The lowest BCUT2D eigenvalue weighted by Gasteiger charge is -2.37. The zero-order chi connectivity index (χ0) is 21.6. The number of alkyl carbamates (subject to hydrolysis) is 1. The highest BCUT2D eigenvalue weighted by Crippen LogP contribution is 2.49. The van der Waals surface area contributed by atoms with E-state index in [1.165, 1.54) is 0 Å². The molecular weight excluding hydrogens is 374 g/mol. The number of hydrogen-bond acceptors (Lipinski definition) is 5. The van der Waals surface area contributed by atoms with Crippen molar-refractivity contribution >= 4 is 12.1 Å². The molecule has 160 valence electrons. The monoisotopic (exact) mass is 405 g/mol. The summed E-state index contributed by atoms with van der Waals surface area (Å²) in [5.41, 5.74) is 1.06. The van der Waals surface area contributed by atoms with Gasteiger partial charge in [-0.15, -0.1) is 0 Å². The van der Waals surface area contributed by atoms with Crippen LogP contribution in [0.3, 0.4) is 0 Å². The Hall–Kier alpha value is -2.44. The highest BCUT2D eigenvalue weighted by molar-refractivity contribution is 5.91. The Morgan fingerprint density at radius 1 is 1.14 bits per heavy atom. The van der Waals surface area contributed by atoms with E-state index in [9.17, 15) is 14.7 Å². The lowest BCUT2D eigenvalue weighted by Crippen LogP contribution is -2.48. The zero-order valence-electron chi connectivity index (χ0n) is 18.0. The van der Waals surface area contributed by atoms with Gasteiger partial charge in [-0.3, -0.25) is 0 Å². The van der Waals surface area contributed by atoms with Crippen molar-refractivity contribution < 1.29 is 28.9 Å². The molecule has 1 aliphatic carbocycles. The third-order valence-corrected chi connectivity index (χ3v) is 5.70. The van der Waals surface area contributed by atoms with Crippen LogP contribution in [0.5, 0.6) is 11.5 Å². The first kappa shape index (κ1) is 21.3. The number of nitrogens with one attached hydrogen (secondary N) is 1. The van der Waals surface area contributed by atoms with E-state index in [0.29, 0.717) is 17.1 Å². The van der Waals surface area contributed by atoms with Crippen molar-refractivity contribution in [1.29, 1.82) is 0 Å². The maximum Gasteiger partial charge on any atom is 0.407 e. The minimum Gasteiger partial charge on any atom is -0.478 e. The first-order valence-corrected chi connectivity index (χ1v) is 10.1. The van der Waals surface area contributed by atoms with Crippen molar-refractivity contribution in [3.63, 3.8) is 0 Å². The SMILES string of the molecule is Cc1cc(C(=O)O)c(C)c2c1OC(C)(C1CCC(NC(=O)OC(C)(C)C)CC1)O2. The van der Waals surface area contributed by atoms with Crippen LogP contribution >= 0.6 is 0 Å². The lowest BCUT2D eigenvalue weighted by molar-refractivity contribution is -0.121. The van der Waals surface area contributed by atoms with Crippen LogP contribution in [0.2, 0.25) is 0 Å². The van der Waals surface area contributed by atoms with E-state index >= 15 is 0 Å². The van der Waals surface area contributed by atoms with Crippen LogP contribution in [0.15, 0.2) is 6.07 Å². The molecule has 1 atom stereocenters. The highest BCUT2D eigenvalue weighted by Gasteiger charge is 2.47. The number of amides is 1. The topological polar surface area (TPSA) is 94.1 Å². The summed E-state index contributed by atoms with van der Waals surface area (Å²) in [5.74, 6) is -0.521. The molecule has 1 fully saturated rings. The molecule has 1 aliphatic heterocycles.